The molecular weight excluding hydrogens is 489 g/mol. The second-order valence-electron chi connectivity index (χ2n) is 7.39. The van der Waals surface area contributed by atoms with Crippen LogP contribution in [-0.4, -0.2) is 39.0 Å². The Morgan fingerprint density at radius 2 is 1.97 bits per heavy atom. The summed E-state index contributed by atoms with van der Waals surface area (Å²) in [5, 5.41) is 8.27. The average molecular weight is 506 g/mol. The number of nitrogens with one attached hydrogen (secondary N) is 3. The summed E-state index contributed by atoms with van der Waals surface area (Å²) in [4.78, 5) is 49.3. The molecule has 0 bridgehead atoms. The molecule has 3 aromatic rings. The van der Waals surface area contributed by atoms with Gasteiger partial charge in [0.15, 0.2) is 0 Å². The highest BCUT2D eigenvalue weighted by molar-refractivity contribution is 7.13. The summed E-state index contributed by atoms with van der Waals surface area (Å²) in [6.07, 6.45) is -1.82. The van der Waals surface area contributed by atoms with Gasteiger partial charge in [0.2, 0.25) is 5.91 Å². The predicted octanol–water partition coefficient (Wildman–Crippen LogP) is 3.46. The van der Waals surface area contributed by atoms with E-state index in [9.17, 15) is 27.6 Å². The first-order valence-electron chi connectivity index (χ1n) is 10.2. The Bertz CT molecular complexity index is 1300. The van der Waals surface area contributed by atoms with Crippen LogP contribution in [-0.2, 0) is 11.2 Å². The van der Waals surface area contributed by atoms with Gasteiger partial charge in [-0.25, -0.2) is 15.0 Å². The largest absolute Gasteiger partial charge is 0.573 e. The van der Waals surface area contributed by atoms with Crippen molar-refractivity contribution in [1.82, 2.24) is 20.3 Å². The molecule has 1 atom stereocenters. The van der Waals surface area contributed by atoms with Gasteiger partial charge in [-0.1, -0.05) is 6.07 Å². The van der Waals surface area contributed by atoms with Crippen molar-refractivity contribution in [2.75, 3.05) is 10.6 Å². The van der Waals surface area contributed by atoms with Crippen LogP contribution in [0.25, 0.3) is 0 Å². The molecule has 0 spiro atoms. The Balaban J connectivity index is 1.41. The molecule has 2 aromatic heterocycles. The highest BCUT2D eigenvalue weighted by Crippen LogP contribution is 2.27. The smallest absolute Gasteiger partial charge is 0.406 e. The van der Waals surface area contributed by atoms with Crippen LogP contribution in [0.15, 0.2) is 36.8 Å². The minimum absolute atomic E-state index is 0.105. The van der Waals surface area contributed by atoms with E-state index >= 15 is 0 Å². The Morgan fingerprint density at radius 1 is 1.17 bits per heavy atom. The highest BCUT2D eigenvalue weighted by Gasteiger charge is 2.31. The number of halogens is 3. The van der Waals surface area contributed by atoms with E-state index in [2.05, 4.69) is 35.6 Å². The van der Waals surface area contributed by atoms with Gasteiger partial charge in [0.05, 0.1) is 12.2 Å². The predicted molar refractivity (Wildman–Crippen MR) is 118 cm³/mol. The lowest BCUT2D eigenvalue weighted by atomic mass is 10.0. The summed E-state index contributed by atoms with van der Waals surface area (Å²) in [5.74, 6) is -1.44. The molecule has 182 valence electrons. The van der Waals surface area contributed by atoms with Crippen LogP contribution in [0.3, 0.4) is 0 Å². The normalized spacial score (nSPS) is 13.9. The molecule has 0 saturated carbocycles. The summed E-state index contributed by atoms with van der Waals surface area (Å²) >= 11 is 1.01. The average Bonchev–Trinajstić information content (AvgIpc) is 3.28. The highest BCUT2D eigenvalue weighted by atomic mass is 32.1. The van der Waals surface area contributed by atoms with Gasteiger partial charge < -0.3 is 20.7 Å². The number of nitrogens with zero attached hydrogens (tertiary/aromatic N) is 3. The van der Waals surface area contributed by atoms with E-state index in [1.165, 1.54) is 24.7 Å². The van der Waals surface area contributed by atoms with Crippen molar-refractivity contribution in [2.24, 2.45) is 0 Å². The Kier molecular flexibility index (Phi) is 6.64. The summed E-state index contributed by atoms with van der Waals surface area (Å²) in [7, 11) is 0. The van der Waals surface area contributed by atoms with Gasteiger partial charge in [-0.2, -0.15) is 0 Å². The molecular formula is C21H17F3N6O4S. The molecule has 0 saturated heterocycles. The zero-order valence-corrected chi connectivity index (χ0v) is 18.8. The van der Waals surface area contributed by atoms with Crippen molar-refractivity contribution in [2.45, 2.75) is 32.2 Å². The van der Waals surface area contributed by atoms with E-state index in [0.717, 1.165) is 23.5 Å². The molecule has 3 amide bonds. The number of ether oxygens (including phenoxy) is 1. The molecule has 1 aliphatic heterocycles. The minimum atomic E-state index is -4.85. The fraction of sp³-hybridized carbons (Fsp3) is 0.238. The molecule has 10 nitrogen and oxygen atoms in total. The number of benzene rings is 1. The summed E-state index contributed by atoms with van der Waals surface area (Å²) < 4.78 is 41.1. The zero-order valence-electron chi connectivity index (χ0n) is 18.0. The number of thiazole rings is 1. The molecule has 0 radical (unpaired) electrons. The van der Waals surface area contributed by atoms with Crippen LogP contribution in [0, 0.1) is 0 Å². The number of carbonyl (C=O) groups is 3. The molecule has 1 unspecified atom stereocenters. The topological polar surface area (TPSA) is 135 Å². The van der Waals surface area contributed by atoms with Crippen LogP contribution < -0.4 is 20.7 Å². The van der Waals surface area contributed by atoms with E-state index in [0.29, 0.717) is 22.8 Å². The third-order valence-electron chi connectivity index (χ3n) is 4.81. The lowest BCUT2D eigenvalue weighted by Crippen LogP contribution is -2.30. The molecule has 14 heteroatoms. The maximum absolute atomic E-state index is 12.8. The number of fused-ring (bicyclic) bond motifs is 1. The number of rotatable bonds is 6. The molecule has 4 rings (SSSR count). The lowest BCUT2D eigenvalue weighted by Gasteiger charge is -2.18. The summed E-state index contributed by atoms with van der Waals surface area (Å²) in [6, 6.07) is 4.30. The van der Waals surface area contributed by atoms with Crippen molar-refractivity contribution in [3.05, 3.63) is 57.9 Å². The number of carbonyl (C=O) groups excluding carboxylic acids is 3. The van der Waals surface area contributed by atoms with E-state index in [-0.39, 0.29) is 28.6 Å². The van der Waals surface area contributed by atoms with Gasteiger partial charge in [-0.3, -0.25) is 14.4 Å². The molecule has 1 aromatic carbocycles. The van der Waals surface area contributed by atoms with Crippen molar-refractivity contribution < 1.29 is 32.3 Å². The van der Waals surface area contributed by atoms with Crippen LogP contribution >= 0.6 is 11.3 Å². The summed E-state index contributed by atoms with van der Waals surface area (Å²) in [5.41, 5.74) is 0.777. The van der Waals surface area contributed by atoms with Crippen LogP contribution in [0.5, 0.6) is 5.75 Å². The molecule has 3 heterocycles. The van der Waals surface area contributed by atoms with Crippen LogP contribution in [0.1, 0.15) is 50.1 Å². The molecule has 3 N–H and O–H groups in total. The zero-order chi connectivity index (χ0) is 25.2. The number of alkyl halides is 3. The quantitative estimate of drug-likeness (QED) is 0.466. The lowest BCUT2D eigenvalue weighted by molar-refractivity contribution is -0.274. The van der Waals surface area contributed by atoms with Crippen LogP contribution in [0.2, 0.25) is 0 Å². The third kappa shape index (κ3) is 5.90. The first-order valence-corrected chi connectivity index (χ1v) is 11.0. The first-order chi connectivity index (χ1) is 16.6. The number of anilines is 2. The second-order valence-corrected chi connectivity index (χ2v) is 8.45. The van der Waals surface area contributed by atoms with Gasteiger partial charge in [0, 0.05) is 23.7 Å². The van der Waals surface area contributed by atoms with Gasteiger partial charge in [-0.05, 0) is 25.5 Å². The van der Waals surface area contributed by atoms with Crippen molar-refractivity contribution >= 4 is 40.6 Å². The first kappa shape index (κ1) is 24.1. The van der Waals surface area contributed by atoms with Gasteiger partial charge in [0.25, 0.3) is 11.8 Å². The van der Waals surface area contributed by atoms with Crippen LogP contribution in [0.4, 0.5) is 24.7 Å². The minimum Gasteiger partial charge on any atom is -0.406 e. The number of amides is 3. The molecule has 0 fully saturated rings. The Labute approximate surface area is 200 Å². The SMILES string of the molecule is CC(NC(=O)c1ncnc2c1CCC(=O)N2)c1ncc(C(=O)Nc2cccc(OC(F)(F)F)c2)s1. The Morgan fingerprint density at radius 3 is 2.74 bits per heavy atom. The van der Waals surface area contributed by atoms with E-state index < -0.39 is 30.0 Å². The monoisotopic (exact) mass is 506 g/mol. The fourth-order valence-corrected chi connectivity index (χ4v) is 4.08. The van der Waals surface area contributed by atoms with Gasteiger partial charge in [0.1, 0.15) is 33.5 Å². The fourth-order valence-electron chi connectivity index (χ4n) is 3.27. The van der Waals surface area contributed by atoms with Crippen molar-refractivity contribution in [3.63, 3.8) is 0 Å². The van der Waals surface area contributed by atoms with Crippen molar-refractivity contribution in [1.29, 1.82) is 0 Å². The maximum Gasteiger partial charge on any atom is 0.573 e. The van der Waals surface area contributed by atoms with E-state index in [4.69, 9.17) is 0 Å². The van der Waals surface area contributed by atoms with Crippen molar-refractivity contribution in [3.8, 4) is 5.75 Å². The third-order valence-corrected chi connectivity index (χ3v) is 5.99. The maximum atomic E-state index is 12.8. The summed E-state index contributed by atoms with van der Waals surface area (Å²) in [6.45, 7) is 1.67. The second kappa shape index (κ2) is 9.66. The Hall–Kier alpha value is -4.07. The van der Waals surface area contributed by atoms with E-state index in [1.807, 2.05) is 0 Å². The number of hydrogen-bond donors (Lipinski definition) is 3. The molecule has 35 heavy (non-hydrogen) atoms. The molecule has 1 aliphatic rings. The number of aromatic nitrogens is 3. The van der Waals surface area contributed by atoms with E-state index in [1.54, 1.807) is 6.92 Å². The number of hydrogen-bond acceptors (Lipinski definition) is 8. The standard InChI is InChI=1S/C21H17F3N6O4S/c1-10(28-19(33)16-13-5-6-15(31)30-17(13)27-9-26-16)20-25-8-14(35-20)18(32)29-11-3-2-4-12(7-11)34-21(22,23)24/h2-4,7-10H,5-6H2,1H3,(H,28,33)(H,29,32)(H,26,27,30,31). The van der Waals surface area contributed by atoms with Gasteiger partial charge >= 0.3 is 6.36 Å². The molecule has 0 aliphatic carbocycles. The van der Waals surface area contributed by atoms with Gasteiger partial charge in [-0.15, -0.1) is 24.5 Å².